The van der Waals surface area contributed by atoms with Crippen molar-refractivity contribution in [1.82, 2.24) is 15.2 Å². The van der Waals surface area contributed by atoms with Crippen LogP contribution >= 0.6 is 0 Å². The van der Waals surface area contributed by atoms with E-state index in [9.17, 15) is 4.79 Å². The molecule has 0 unspecified atom stereocenters. The van der Waals surface area contributed by atoms with E-state index in [2.05, 4.69) is 20.5 Å². The Labute approximate surface area is 132 Å². The second-order valence-corrected chi connectivity index (χ2v) is 5.25. The average molecular weight is 302 g/mol. The van der Waals surface area contributed by atoms with Crippen molar-refractivity contribution in [3.05, 3.63) is 72.6 Å². The number of carbonyl (C=O) groups excluding carboxylic acids is 1. The van der Waals surface area contributed by atoms with Gasteiger partial charge in [0.2, 0.25) is 0 Å². The van der Waals surface area contributed by atoms with Crippen LogP contribution in [0.25, 0.3) is 22.2 Å². The van der Waals surface area contributed by atoms with Gasteiger partial charge in [0, 0.05) is 29.0 Å². The number of nitrogens with one attached hydrogen (secondary N) is 3. The van der Waals surface area contributed by atoms with Crippen LogP contribution in [-0.2, 0) is 0 Å². The maximum absolute atomic E-state index is 12.5. The minimum absolute atomic E-state index is 0.128. The van der Waals surface area contributed by atoms with Crippen molar-refractivity contribution in [3.63, 3.8) is 0 Å². The number of benzene rings is 2. The van der Waals surface area contributed by atoms with Crippen molar-refractivity contribution in [2.45, 2.75) is 0 Å². The predicted molar refractivity (Wildman–Crippen MR) is 90.3 cm³/mol. The normalized spacial score (nSPS) is 10.8. The number of nitrogens with zero attached hydrogens (tertiary/aromatic N) is 1. The van der Waals surface area contributed by atoms with Crippen LogP contribution in [0.3, 0.4) is 0 Å². The molecule has 5 heteroatoms. The molecule has 0 bridgehead atoms. The average Bonchev–Trinajstić information content (AvgIpc) is 3.25. The molecule has 4 aromatic rings. The Morgan fingerprint density at radius 2 is 1.83 bits per heavy atom. The van der Waals surface area contributed by atoms with E-state index in [-0.39, 0.29) is 5.91 Å². The lowest BCUT2D eigenvalue weighted by Crippen LogP contribution is -2.11. The highest BCUT2D eigenvalue weighted by molar-refractivity contribution is 6.12. The van der Waals surface area contributed by atoms with Crippen LogP contribution in [0.15, 0.2) is 67.0 Å². The zero-order valence-corrected chi connectivity index (χ0v) is 12.2. The molecule has 0 spiro atoms. The SMILES string of the molecule is O=C(Nc1ccc(-c2ccn[nH]2)cc1)c1c[nH]c2ccccc12. The third-order valence-corrected chi connectivity index (χ3v) is 3.79. The lowest BCUT2D eigenvalue weighted by atomic mass is 10.1. The maximum Gasteiger partial charge on any atom is 0.257 e. The molecule has 0 atom stereocenters. The summed E-state index contributed by atoms with van der Waals surface area (Å²) in [4.78, 5) is 15.6. The summed E-state index contributed by atoms with van der Waals surface area (Å²) >= 11 is 0. The molecule has 5 nitrogen and oxygen atoms in total. The van der Waals surface area contributed by atoms with Gasteiger partial charge in [-0.2, -0.15) is 5.10 Å². The maximum atomic E-state index is 12.5. The van der Waals surface area contributed by atoms with Crippen LogP contribution in [-0.4, -0.2) is 21.1 Å². The van der Waals surface area contributed by atoms with E-state index in [0.29, 0.717) is 5.56 Å². The standard InChI is InChI=1S/C18H14N4O/c23-18(15-11-19-17-4-2-1-3-14(15)17)21-13-7-5-12(6-8-13)16-9-10-20-22-16/h1-11,19H,(H,20,22)(H,21,23). The van der Waals surface area contributed by atoms with Gasteiger partial charge in [-0.3, -0.25) is 9.89 Å². The highest BCUT2D eigenvalue weighted by Gasteiger charge is 2.11. The highest BCUT2D eigenvalue weighted by atomic mass is 16.1. The number of carbonyl (C=O) groups is 1. The molecule has 0 saturated carbocycles. The van der Waals surface area contributed by atoms with E-state index < -0.39 is 0 Å². The topological polar surface area (TPSA) is 73.6 Å². The first kappa shape index (κ1) is 13.3. The largest absolute Gasteiger partial charge is 0.360 e. The Hall–Kier alpha value is -3.34. The van der Waals surface area contributed by atoms with Crippen LogP contribution in [0.5, 0.6) is 0 Å². The number of aromatic nitrogens is 3. The second kappa shape index (κ2) is 5.46. The summed E-state index contributed by atoms with van der Waals surface area (Å²) in [5.41, 5.74) is 4.31. The van der Waals surface area contributed by atoms with Gasteiger partial charge in [-0.25, -0.2) is 0 Å². The van der Waals surface area contributed by atoms with Gasteiger partial charge in [0.05, 0.1) is 11.3 Å². The number of fused-ring (bicyclic) bond motifs is 1. The quantitative estimate of drug-likeness (QED) is 0.538. The van der Waals surface area contributed by atoms with Crippen LogP contribution in [0.1, 0.15) is 10.4 Å². The molecule has 1 amide bonds. The first-order valence-corrected chi connectivity index (χ1v) is 7.28. The van der Waals surface area contributed by atoms with Gasteiger partial charge in [0.1, 0.15) is 0 Å². The van der Waals surface area contributed by atoms with Gasteiger partial charge in [-0.15, -0.1) is 0 Å². The van der Waals surface area contributed by atoms with E-state index in [1.165, 1.54) is 0 Å². The number of aromatic amines is 2. The Morgan fingerprint density at radius 1 is 1.00 bits per heavy atom. The van der Waals surface area contributed by atoms with Crippen molar-refractivity contribution in [2.75, 3.05) is 5.32 Å². The smallest absolute Gasteiger partial charge is 0.257 e. The number of amides is 1. The zero-order chi connectivity index (χ0) is 15.6. The molecule has 0 saturated heterocycles. The van der Waals surface area contributed by atoms with Crippen molar-refractivity contribution < 1.29 is 4.79 Å². The minimum Gasteiger partial charge on any atom is -0.360 e. The van der Waals surface area contributed by atoms with E-state index in [4.69, 9.17) is 0 Å². The highest BCUT2D eigenvalue weighted by Crippen LogP contribution is 2.21. The summed E-state index contributed by atoms with van der Waals surface area (Å²) in [6.45, 7) is 0. The van der Waals surface area contributed by atoms with E-state index >= 15 is 0 Å². The lowest BCUT2D eigenvalue weighted by molar-refractivity contribution is 0.102. The lowest BCUT2D eigenvalue weighted by Gasteiger charge is -2.05. The summed E-state index contributed by atoms with van der Waals surface area (Å²) in [6, 6.07) is 17.3. The molecule has 23 heavy (non-hydrogen) atoms. The summed E-state index contributed by atoms with van der Waals surface area (Å²) < 4.78 is 0. The molecule has 2 aromatic heterocycles. The van der Waals surface area contributed by atoms with Crippen molar-refractivity contribution in [1.29, 1.82) is 0 Å². The third-order valence-electron chi connectivity index (χ3n) is 3.79. The second-order valence-electron chi connectivity index (χ2n) is 5.25. The van der Waals surface area contributed by atoms with E-state index in [1.807, 2.05) is 54.6 Å². The summed E-state index contributed by atoms with van der Waals surface area (Å²) in [5, 5.41) is 10.7. The number of hydrogen-bond acceptors (Lipinski definition) is 2. The minimum atomic E-state index is -0.128. The summed E-state index contributed by atoms with van der Waals surface area (Å²) in [6.07, 6.45) is 3.45. The fourth-order valence-corrected chi connectivity index (χ4v) is 2.61. The number of H-pyrrole nitrogens is 2. The molecular formula is C18H14N4O. The molecule has 0 aliphatic carbocycles. The zero-order valence-electron chi connectivity index (χ0n) is 12.2. The van der Waals surface area contributed by atoms with Crippen LogP contribution in [0, 0.1) is 0 Å². The fraction of sp³-hybridized carbons (Fsp3) is 0. The molecule has 2 aromatic carbocycles. The Bertz CT molecular complexity index is 952. The molecule has 0 fully saturated rings. The molecule has 112 valence electrons. The van der Waals surface area contributed by atoms with Crippen LogP contribution in [0.2, 0.25) is 0 Å². The monoisotopic (exact) mass is 302 g/mol. The van der Waals surface area contributed by atoms with Crippen LogP contribution in [0.4, 0.5) is 5.69 Å². The summed E-state index contributed by atoms with van der Waals surface area (Å²) in [7, 11) is 0. The molecular weight excluding hydrogens is 288 g/mol. The third kappa shape index (κ3) is 2.48. The fourth-order valence-electron chi connectivity index (χ4n) is 2.61. The van der Waals surface area contributed by atoms with Crippen molar-refractivity contribution in [2.24, 2.45) is 0 Å². The summed E-state index contributed by atoms with van der Waals surface area (Å²) in [5.74, 6) is -0.128. The molecule has 2 heterocycles. The number of para-hydroxylation sites is 1. The Balaban J connectivity index is 1.57. The predicted octanol–water partition coefficient (Wildman–Crippen LogP) is 3.81. The first-order chi connectivity index (χ1) is 11.3. The Kier molecular flexibility index (Phi) is 3.16. The van der Waals surface area contributed by atoms with Gasteiger partial charge in [-0.05, 0) is 29.8 Å². The van der Waals surface area contributed by atoms with E-state index in [1.54, 1.807) is 12.4 Å². The Morgan fingerprint density at radius 3 is 2.61 bits per heavy atom. The molecule has 3 N–H and O–H groups in total. The van der Waals surface area contributed by atoms with Crippen molar-refractivity contribution >= 4 is 22.5 Å². The van der Waals surface area contributed by atoms with E-state index in [0.717, 1.165) is 27.8 Å². The van der Waals surface area contributed by atoms with Gasteiger partial charge in [0.15, 0.2) is 0 Å². The van der Waals surface area contributed by atoms with Gasteiger partial charge in [-0.1, -0.05) is 30.3 Å². The van der Waals surface area contributed by atoms with Gasteiger partial charge < -0.3 is 10.3 Å². The molecule has 4 rings (SSSR count). The molecule has 0 aliphatic rings. The first-order valence-electron chi connectivity index (χ1n) is 7.28. The number of rotatable bonds is 3. The molecule has 0 radical (unpaired) electrons. The molecule has 0 aliphatic heterocycles. The van der Waals surface area contributed by atoms with Gasteiger partial charge in [0.25, 0.3) is 5.91 Å². The number of anilines is 1. The van der Waals surface area contributed by atoms with Crippen LogP contribution < -0.4 is 5.32 Å². The number of hydrogen-bond donors (Lipinski definition) is 3. The van der Waals surface area contributed by atoms with Crippen molar-refractivity contribution in [3.8, 4) is 11.3 Å². The van der Waals surface area contributed by atoms with Gasteiger partial charge >= 0.3 is 0 Å².